The molecule has 0 aromatic carbocycles. The molecule has 1 heterocycles. The van der Waals surface area contributed by atoms with Crippen molar-refractivity contribution >= 4 is 29.7 Å². The lowest BCUT2D eigenvalue weighted by molar-refractivity contribution is -0.141. The van der Waals surface area contributed by atoms with E-state index in [4.69, 9.17) is 47.7 Å². The van der Waals surface area contributed by atoms with Crippen LogP contribution in [-0.4, -0.2) is 202 Å². The number of piperazine rings is 1. The summed E-state index contributed by atoms with van der Waals surface area (Å²) in [7, 11) is 5.48. The van der Waals surface area contributed by atoms with Gasteiger partial charge in [-0.3, -0.25) is 9.59 Å². The smallest absolute Gasteiger partial charge is 0.407 e. The maximum absolute atomic E-state index is 11.8. The molecule has 19 nitrogen and oxygen atoms in total. The highest BCUT2D eigenvalue weighted by Crippen LogP contribution is 2.25. The molecule has 1 fully saturated rings. The highest BCUT2D eigenvalue weighted by molar-refractivity contribution is 5.80. The van der Waals surface area contributed by atoms with Crippen molar-refractivity contribution in [2.75, 3.05) is 147 Å². The fourth-order valence-electron chi connectivity index (χ4n) is 7.11. The average molecular weight is 1270 g/mol. The Labute approximate surface area is 539 Å². The Morgan fingerprint density at radius 3 is 1.09 bits per heavy atom. The molecule has 1 aliphatic heterocycles. The van der Waals surface area contributed by atoms with Gasteiger partial charge in [0.1, 0.15) is 18.4 Å². The first-order chi connectivity index (χ1) is 40.4. The fraction of sp³-hybridized carbons (Fsp3) is 0.928. The summed E-state index contributed by atoms with van der Waals surface area (Å²) in [5.74, 6) is -1.30. The highest BCUT2D eigenvalue weighted by atomic mass is 16.6. The minimum atomic E-state index is -1.07. The number of carboxylic acids is 2. The number of ether oxygens (including phenoxy) is 9. The normalized spacial score (nSPS) is 13.7. The first kappa shape index (κ1) is 93.7. The van der Waals surface area contributed by atoms with Crippen molar-refractivity contribution in [2.24, 2.45) is 38.4 Å². The lowest BCUT2D eigenvalue weighted by Gasteiger charge is -2.34. The van der Waals surface area contributed by atoms with E-state index in [0.717, 1.165) is 97.0 Å². The number of ketones is 1. The molecule has 0 spiro atoms. The number of Topliss-reactive ketones (excluding diaryl/α,β-unsaturated/α-hetero) is 1. The van der Waals surface area contributed by atoms with E-state index in [2.05, 4.69) is 149 Å². The first-order valence-corrected chi connectivity index (χ1v) is 32.7. The Balaban J connectivity index is -0.000000371. The third kappa shape index (κ3) is 89.4. The van der Waals surface area contributed by atoms with E-state index in [9.17, 15) is 29.1 Å². The number of rotatable bonds is 38. The zero-order valence-electron chi connectivity index (χ0n) is 61.3. The van der Waals surface area contributed by atoms with E-state index in [1.807, 2.05) is 4.90 Å². The van der Waals surface area contributed by atoms with Gasteiger partial charge in [0.2, 0.25) is 5.91 Å². The van der Waals surface area contributed by atoms with E-state index in [0.29, 0.717) is 125 Å². The number of nitrogens with one attached hydrogen (secondary N) is 1. The Morgan fingerprint density at radius 2 is 0.784 bits per heavy atom. The molecular weight excluding hydrogens is 1130 g/mol. The van der Waals surface area contributed by atoms with Gasteiger partial charge in [0.05, 0.1) is 91.8 Å². The number of amides is 2. The van der Waals surface area contributed by atoms with Crippen molar-refractivity contribution in [3.05, 3.63) is 0 Å². The van der Waals surface area contributed by atoms with Crippen molar-refractivity contribution in [3.8, 4) is 0 Å². The van der Waals surface area contributed by atoms with E-state index in [-0.39, 0.29) is 30.0 Å². The maximum atomic E-state index is 11.8. The van der Waals surface area contributed by atoms with Gasteiger partial charge in [-0.1, -0.05) is 164 Å². The Hall–Kier alpha value is -3.01. The maximum Gasteiger partial charge on any atom is 0.407 e. The number of methoxy groups -OCH3 is 2. The van der Waals surface area contributed by atoms with E-state index >= 15 is 0 Å². The van der Waals surface area contributed by atoms with Crippen LogP contribution in [-0.2, 0) is 61.8 Å². The fourth-order valence-corrected chi connectivity index (χ4v) is 7.11. The van der Waals surface area contributed by atoms with Crippen LogP contribution in [0.25, 0.3) is 0 Å². The summed E-state index contributed by atoms with van der Waals surface area (Å²) >= 11 is 0. The van der Waals surface area contributed by atoms with Crippen LogP contribution in [0.2, 0.25) is 0 Å². The van der Waals surface area contributed by atoms with Crippen LogP contribution in [0.3, 0.4) is 0 Å². The standard InChI is InChI=1S/C26H51NO11.C11H22N2O.C11H22O2.C9H18O.C7H16O.C5H12/c1-26(2,3)8-6-5-7-23(24(28)29)27-25(30)38-22-21-37-20-19-36-18-17-35-16-15-34-14-13-33-12-11-32-10-9-31-4;1-11(2,3)9-10(14)13-7-5-12(4)6-8-13;1-9(10(12)13)7-5-6-8-11(2,3)4;1-8(10)6-5-7-9(2,3)4;1-7(2,3)5-6-8-4;1-5(2,3)4/h23H,5-22H2,1-4H3,(H,27,30)(H,28,29);5-9H2,1-4H3;9H,5-8H2,1-4H3,(H,12,13);5-7H2,1-4H3;5-6H2,1-4H3;1-4H3/t23-;;9-;;;/m0.0.../s1. The van der Waals surface area contributed by atoms with Crippen LogP contribution in [0, 0.1) is 38.4 Å². The molecule has 528 valence electrons. The van der Waals surface area contributed by atoms with Gasteiger partial charge < -0.3 is 72.8 Å². The molecular formula is C69H141N3O16. The number of nitrogens with zero attached hydrogens (tertiary/aromatic N) is 2. The molecule has 1 saturated heterocycles. The number of carbonyl (C=O) groups excluding carboxylic acids is 3. The third-order valence-electron chi connectivity index (χ3n) is 12.3. The van der Waals surface area contributed by atoms with Gasteiger partial charge in [0.25, 0.3) is 0 Å². The van der Waals surface area contributed by atoms with Gasteiger partial charge >= 0.3 is 18.0 Å². The number of carbonyl (C=O) groups is 5. The zero-order chi connectivity index (χ0) is 68.9. The first-order valence-electron chi connectivity index (χ1n) is 32.7. The molecule has 2 atom stereocenters. The molecule has 2 amide bonds. The topological polar surface area (TPSA) is 227 Å². The van der Waals surface area contributed by atoms with Gasteiger partial charge in [0, 0.05) is 59.8 Å². The highest BCUT2D eigenvalue weighted by Gasteiger charge is 2.24. The minimum Gasteiger partial charge on any atom is -0.481 e. The monoisotopic (exact) mass is 1270 g/mol. The second-order valence-corrected chi connectivity index (χ2v) is 30.5. The second-order valence-electron chi connectivity index (χ2n) is 30.5. The molecule has 1 aliphatic rings. The number of alkyl carbamates (subject to hydrolysis) is 1. The number of hydrogen-bond acceptors (Lipinski definition) is 15. The second kappa shape index (κ2) is 55.6. The van der Waals surface area contributed by atoms with E-state index in [1.165, 1.54) is 6.42 Å². The van der Waals surface area contributed by atoms with Crippen molar-refractivity contribution in [3.63, 3.8) is 0 Å². The number of unbranched alkanes of at least 4 members (excludes halogenated alkanes) is 2. The Bertz CT molecular complexity index is 1640. The molecule has 0 aliphatic carbocycles. The van der Waals surface area contributed by atoms with Crippen molar-refractivity contribution < 1.29 is 76.8 Å². The predicted molar refractivity (Wildman–Crippen MR) is 359 cm³/mol. The summed E-state index contributed by atoms with van der Waals surface area (Å²) < 4.78 is 47.0. The molecule has 0 radical (unpaired) electrons. The van der Waals surface area contributed by atoms with Crippen LogP contribution in [0.1, 0.15) is 229 Å². The van der Waals surface area contributed by atoms with Crippen LogP contribution in [0.4, 0.5) is 4.79 Å². The van der Waals surface area contributed by atoms with Crippen LogP contribution in [0.5, 0.6) is 0 Å². The summed E-state index contributed by atoms with van der Waals surface area (Å²) in [6.07, 6.45) is 11.1. The zero-order valence-corrected chi connectivity index (χ0v) is 61.3. The minimum absolute atomic E-state index is 0.0263. The summed E-state index contributed by atoms with van der Waals surface area (Å²) in [4.78, 5) is 60.3. The van der Waals surface area contributed by atoms with Gasteiger partial charge in [-0.25, -0.2) is 9.59 Å². The van der Waals surface area contributed by atoms with Gasteiger partial charge in [-0.2, -0.15) is 0 Å². The quantitative estimate of drug-likeness (QED) is 0.0488. The Morgan fingerprint density at radius 1 is 0.443 bits per heavy atom. The van der Waals surface area contributed by atoms with Gasteiger partial charge in [-0.15, -0.1) is 0 Å². The van der Waals surface area contributed by atoms with Crippen LogP contribution in [0.15, 0.2) is 0 Å². The molecule has 0 aromatic heterocycles. The van der Waals surface area contributed by atoms with Gasteiger partial charge in [-0.05, 0) is 91.4 Å². The molecule has 19 heteroatoms. The van der Waals surface area contributed by atoms with Crippen molar-refractivity contribution in [1.82, 2.24) is 15.1 Å². The number of hydrogen-bond donors (Lipinski definition) is 3. The molecule has 0 bridgehead atoms. The lowest BCUT2D eigenvalue weighted by atomic mass is 9.89. The molecule has 0 saturated carbocycles. The summed E-state index contributed by atoms with van der Waals surface area (Å²) in [5, 5.41) is 20.3. The van der Waals surface area contributed by atoms with Crippen LogP contribution < -0.4 is 5.32 Å². The van der Waals surface area contributed by atoms with Crippen molar-refractivity contribution in [2.45, 2.75) is 235 Å². The molecule has 0 aromatic rings. The third-order valence-corrected chi connectivity index (χ3v) is 12.3. The summed E-state index contributed by atoms with van der Waals surface area (Å²) in [6, 6.07) is -0.957. The van der Waals surface area contributed by atoms with Gasteiger partial charge in [0.15, 0.2) is 0 Å². The lowest BCUT2D eigenvalue weighted by Crippen LogP contribution is -2.47. The number of likely N-dealkylation sites (N-methyl/N-ethyl adjacent to an activating group) is 1. The molecule has 1 rings (SSSR count). The number of carboxylic acid groups (broad SMARTS) is 2. The largest absolute Gasteiger partial charge is 0.481 e. The van der Waals surface area contributed by atoms with Crippen molar-refractivity contribution in [1.29, 1.82) is 0 Å². The van der Waals surface area contributed by atoms with Crippen LogP contribution >= 0.6 is 0 Å². The number of aliphatic carboxylic acids is 2. The summed E-state index contributed by atoms with van der Waals surface area (Å²) in [6.45, 7) is 55.5. The van der Waals surface area contributed by atoms with E-state index < -0.39 is 24.1 Å². The molecule has 3 N–H and O–H groups in total. The van der Waals surface area contributed by atoms with E-state index in [1.54, 1.807) is 28.1 Å². The predicted octanol–water partition coefficient (Wildman–Crippen LogP) is 13.9. The molecule has 0 unspecified atom stereocenters. The SMILES string of the molecule is CC(=O)CCCC(C)(C)C.CC(C)(C)C.CN1CCN(C(=O)CC(C)(C)C)CC1.COCCC(C)(C)C.COCCOCCOCCOCCOCCOCCOCCOC(=O)N[C@@H](CCCCC(C)(C)C)C(=O)O.C[C@@H](CCCCC(C)(C)C)C(=O)O. The average Bonchev–Trinajstić information content (AvgIpc) is 3.60. The summed E-state index contributed by atoms with van der Waals surface area (Å²) in [5.41, 5.74) is 2.01. The molecule has 88 heavy (non-hydrogen) atoms. The Kier molecular flexibility index (Phi) is 59.2.